The molecule has 1 unspecified atom stereocenters. The predicted molar refractivity (Wildman–Crippen MR) is 97.4 cm³/mol. The predicted octanol–water partition coefficient (Wildman–Crippen LogP) is 2.43. The molecule has 1 heterocycles. The first-order chi connectivity index (χ1) is 11.9. The molecular weight excluding hydrogens is 367 g/mol. The number of hydrazone groups is 1. The molecule has 2 aromatic carbocycles. The third-order valence-corrected chi connectivity index (χ3v) is 4.39. The molecule has 0 saturated heterocycles. The van der Waals surface area contributed by atoms with E-state index in [9.17, 15) is 13.2 Å². The van der Waals surface area contributed by atoms with Crippen molar-refractivity contribution in [1.29, 1.82) is 0 Å². The Hall–Kier alpha value is -1.91. The first kappa shape index (κ1) is 20.4. The molecule has 1 aliphatic rings. The summed E-state index contributed by atoms with van der Waals surface area (Å²) in [6.45, 7) is 1.67. The molecule has 26 heavy (non-hydrogen) atoms. The summed E-state index contributed by atoms with van der Waals surface area (Å²) in [6, 6.07) is 13.3. The molecule has 1 aliphatic heterocycles. The Bertz CT molecular complexity index is 960. The molecule has 0 bridgehead atoms. The van der Waals surface area contributed by atoms with Crippen LogP contribution in [0.15, 0.2) is 74.8 Å². The smallest absolute Gasteiger partial charge is 0.282 e. The van der Waals surface area contributed by atoms with E-state index < -0.39 is 22.1 Å². The number of azo groups is 1. The molecule has 1 radical (unpaired) electrons. The van der Waals surface area contributed by atoms with Crippen LogP contribution in [0.2, 0.25) is 0 Å². The van der Waals surface area contributed by atoms with E-state index in [2.05, 4.69) is 15.3 Å². The maximum absolute atomic E-state index is 12.5. The Morgan fingerprint density at radius 2 is 1.69 bits per heavy atom. The Morgan fingerprint density at radius 3 is 2.27 bits per heavy atom. The van der Waals surface area contributed by atoms with Gasteiger partial charge in [-0.1, -0.05) is 18.2 Å². The van der Waals surface area contributed by atoms with E-state index in [1.807, 2.05) is 18.2 Å². The van der Waals surface area contributed by atoms with Gasteiger partial charge in [0, 0.05) is 29.6 Å². The third-order valence-electron chi connectivity index (χ3n) is 3.52. The topological polar surface area (TPSA) is 112 Å². The monoisotopic (exact) mass is 381 g/mol. The first-order valence-electron chi connectivity index (χ1n) is 7.29. The quantitative estimate of drug-likeness (QED) is 0.498. The number of anilines is 1. The zero-order chi connectivity index (χ0) is 18.0. The molecule has 1 N–H and O–H groups in total. The SMILES string of the molecule is CC1=NN(c2ccc(S(=O)(=O)O)cc2)C(=O)C1N=Nc1ccccc1.[Na]. The van der Waals surface area contributed by atoms with Crippen molar-refractivity contribution in [2.24, 2.45) is 15.3 Å². The number of hydrogen-bond donors (Lipinski definition) is 1. The van der Waals surface area contributed by atoms with Gasteiger partial charge in [-0.2, -0.15) is 28.8 Å². The maximum Gasteiger partial charge on any atom is 0.294 e. The van der Waals surface area contributed by atoms with Crippen LogP contribution in [0.1, 0.15) is 6.92 Å². The number of benzene rings is 2. The number of amides is 1. The summed E-state index contributed by atoms with van der Waals surface area (Å²) in [4.78, 5) is 12.2. The summed E-state index contributed by atoms with van der Waals surface area (Å²) in [7, 11) is -4.29. The van der Waals surface area contributed by atoms with Gasteiger partial charge in [0.25, 0.3) is 16.0 Å². The summed E-state index contributed by atoms with van der Waals surface area (Å²) in [5, 5.41) is 13.4. The molecule has 8 nitrogen and oxygen atoms in total. The molecule has 1 amide bonds. The fourth-order valence-electron chi connectivity index (χ4n) is 2.25. The second kappa shape index (κ2) is 8.19. The number of rotatable bonds is 4. The van der Waals surface area contributed by atoms with E-state index in [-0.39, 0.29) is 34.5 Å². The number of hydrogen-bond acceptors (Lipinski definition) is 6. The van der Waals surface area contributed by atoms with Crippen LogP contribution < -0.4 is 5.01 Å². The average Bonchev–Trinajstić information content (AvgIpc) is 2.87. The summed E-state index contributed by atoms with van der Waals surface area (Å²) in [5.74, 6) is -0.392. The van der Waals surface area contributed by atoms with Gasteiger partial charge < -0.3 is 0 Å². The number of nitrogens with zero attached hydrogens (tertiary/aromatic N) is 4. The maximum atomic E-state index is 12.5. The van der Waals surface area contributed by atoms with Crippen LogP contribution in [0, 0.1) is 0 Å². The fraction of sp³-hybridized carbons (Fsp3) is 0.125. The summed E-state index contributed by atoms with van der Waals surface area (Å²) in [5.41, 5.74) is 1.47. The largest absolute Gasteiger partial charge is 0.294 e. The van der Waals surface area contributed by atoms with Gasteiger partial charge in [-0.05, 0) is 43.3 Å². The Kier molecular flexibility index (Phi) is 6.43. The number of carbonyl (C=O) groups excluding carboxylic acids is 1. The normalized spacial score (nSPS) is 17.3. The van der Waals surface area contributed by atoms with E-state index in [4.69, 9.17) is 4.55 Å². The van der Waals surface area contributed by atoms with Gasteiger partial charge in [-0.15, -0.1) is 0 Å². The molecule has 0 fully saturated rings. The van der Waals surface area contributed by atoms with E-state index in [1.165, 1.54) is 24.3 Å². The van der Waals surface area contributed by atoms with E-state index in [1.54, 1.807) is 19.1 Å². The molecule has 0 aliphatic carbocycles. The van der Waals surface area contributed by atoms with Gasteiger partial charge in [-0.3, -0.25) is 9.35 Å². The Balaban J connectivity index is 0.00000243. The average molecular weight is 381 g/mol. The molecule has 0 aromatic heterocycles. The minimum atomic E-state index is -4.29. The molecule has 0 spiro atoms. The van der Waals surface area contributed by atoms with Gasteiger partial charge in [0.15, 0.2) is 6.04 Å². The van der Waals surface area contributed by atoms with Crippen molar-refractivity contribution < 1.29 is 17.8 Å². The van der Waals surface area contributed by atoms with Crippen molar-refractivity contribution in [1.82, 2.24) is 0 Å². The molecule has 129 valence electrons. The van der Waals surface area contributed by atoms with Gasteiger partial charge in [0.1, 0.15) is 0 Å². The van der Waals surface area contributed by atoms with Crippen LogP contribution in [0.5, 0.6) is 0 Å². The zero-order valence-electron chi connectivity index (χ0n) is 14.1. The minimum absolute atomic E-state index is 0. The second-order valence-electron chi connectivity index (χ2n) is 5.31. The van der Waals surface area contributed by atoms with Crippen LogP contribution in [0.25, 0.3) is 0 Å². The van der Waals surface area contributed by atoms with Crippen LogP contribution >= 0.6 is 0 Å². The Labute approximate surface area is 172 Å². The van der Waals surface area contributed by atoms with Crippen molar-refractivity contribution in [2.45, 2.75) is 17.9 Å². The van der Waals surface area contributed by atoms with Gasteiger partial charge >= 0.3 is 0 Å². The summed E-state index contributed by atoms with van der Waals surface area (Å²) < 4.78 is 31.1. The molecule has 1 atom stereocenters. The van der Waals surface area contributed by atoms with Crippen LogP contribution in [-0.2, 0) is 14.9 Å². The van der Waals surface area contributed by atoms with E-state index >= 15 is 0 Å². The molecule has 10 heteroatoms. The van der Waals surface area contributed by atoms with Crippen molar-refractivity contribution in [3.05, 3.63) is 54.6 Å². The van der Waals surface area contributed by atoms with E-state index in [0.29, 0.717) is 17.1 Å². The zero-order valence-corrected chi connectivity index (χ0v) is 17.0. The molecule has 3 rings (SSSR count). The van der Waals surface area contributed by atoms with Crippen LogP contribution in [0.3, 0.4) is 0 Å². The van der Waals surface area contributed by atoms with Gasteiger partial charge in [0.2, 0.25) is 0 Å². The standard InChI is InChI=1S/C16H14N4O4S.Na/c1-11-15(18-17-12-5-3-2-4-6-12)16(21)20(19-11)13-7-9-14(10-8-13)25(22,23)24;/h2-10,15H,1H3,(H,22,23,24);. The Morgan fingerprint density at radius 1 is 1.08 bits per heavy atom. The molecule has 0 saturated carbocycles. The van der Waals surface area contributed by atoms with Gasteiger partial charge in [0.05, 0.1) is 22.0 Å². The summed E-state index contributed by atoms with van der Waals surface area (Å²) >= 11 is 0. The first-order valence-corrected chi connectivity index (χ1v) is 8.73. The fourth-order valence-corrected chi connectivity index (χ4v) is 2.73. The molecular formula is C16H14N4NaO4S. The van der Waals surface area contributed by atoms with Crippen molar-refractivity contribution >= 4 is 62.7 Å². The minimum Gasteiger partial charge on any atom is -0.282 e. The summed E-state index contributed by atoms with van der Waals surface area (Å²) in [6.07, 6.45) is 0. The van der Waals surface area contributed by atoms with Crippen molar-refractivity contribution in [2.75, 3.05) is 5.01 Å². The van der Waals surface area contributed by atoms with Crippen LogP contribution in [0.4, 0.5) is 11.4 Å². The van der Waals surface area contributed by atoms with E-state index in [0.717, 1.165) is 5.01 Å². The third kappa shape index (κ3) is 4.43. The number of carbonyl (C=O) groups is 1. The second-order valence-corrected chi connectivity index (χ2v) is 6.74. The van der Waals surface area contributed by atoms with Crippen molar-refractivity contribution in [3.8, 4) is 0 Å². The molecule has 2 aromatic rings. The van der Waals surface area contributed by atoms with Crippen molar-refractivity contribution in [3.63, 3.8) is 0 Å². The van der Waals surface area contributed by atoms with Gasteiger partial charge in [-0.25, -0.2) is 0 Å². The van der Waals surface area contributed by atoms with Crippen LogP contribution in [-0.4, -0.2) is 60.2 Å².